The zero-order chi connectivity index (χ0) is 11.4. The molecule has 1 aromatic rings. The van der Waals surface area contributed by atoms with Gasteiger partial charge in [0.15, 0.2) is 0 Å². The maximum absolute atomic E-state index is 5.59. The van der Waals surface area contributed by atoms with E-state index in [1.807, 2.05) is 0 Å². The van der Waals surface area contributed by atoms with Gasteiger partial charge >= 0.3 is 0 Å². The second-order valence-electron chi connectivity index (χ2n) is 4.92. The third kappa shape index (κ3) is 2.64. The molecule has 1 fully saturated rings. The van der Waals surface area contributed by atoms with Crippen molar-refractivity contribution < 1.29 is 0 Å². The number of nitrogens with one attached hydrogen (secondary N) is 1. The lowest BCUT2D eigenvalue weighted by atomic mass is 10.00. The van der Waals surface area contributed by atoms with Crippen molar-refractivity contribution in [3.63, 3.8) is 0 Å². The first-order valence-electron chi connectivity index (χ1n) is 6.56. The normalized spacial score (nSPS) is 18.6. The first-order chi connectivity index (χ1) is 7.81. The Balaban J connectivity index is 2.09. The van der Waals surface area contributed by atoms with Crippen LogP contribution in [0.25, 0.3) is 0 Å². The highest BCUT2D eigenvalue weighted by Gasteiger charge is 2.18. The predicted molar refractivity (Wildman–Crippen MR) is 66.5 cm³/mol. The lowest BCUT2D eigenvalue weighted by molar-refractivity contribution is 0.564. The molecule has 1 saturated carbocycles. The van der Waals surface area contributed by atoms with E-state index in [4.69, 9.17) is 10.7 Å². The highest BCUT2D eigenvalue weighted by atomic mass is 14.9. The minimum Gasteiger partial charge on any atom is -0.346 e. The number of hydrogen-bond donors (Lipinski definition) is 2. The van der Waals surface area contributed by atoms with Gasteiger partial charge in [0.05, 0.1) is 5.69 Å². The number of imidazole rings is 1. The summed E-state index contributed by atoms with van der Waals surface area (Å²) in [6.07, 6.45) is 9.00. The van der Waals surface area contributed by atoms with Gasteiger partial charge in [-0.25, -0.2) is 4.98 Å². The van der Waals surface area contributed by atoms with E-state index in [0.29, 0.717) is 12.5 Å². The number of nitrogens with zero attached hydrogens (tertiary/aromatic N) is 1. The van der Waals surface area contributed by atoms with Crippen LogP contribution in [0, 0.1) is 6.92 Å². The van der Waals surface area contributed by atoms with E-state index in [2.05, 4.69) is 11.9 Å². The van der Waals surface area contributed by atoms with E-state index in [0.717, 1.165) is 6.42 Å². The molecule has 0 radical (unpaired) electrons. The van der Waals surface area contributed by atoms with Crippen LogP contribution in [0.4, 0.5) is 0 Å². The molecule has 0 unspecified atom stereocenters. The molecule has 16 heavy (non-hydrogen) atoms. The second-order valence-corrected chi connectivity index (χ2v) is 4.92. The Bertz CT molecular complexity index is 322. The van der Waals surface area contributed by atoms with Crippen molar-refractivity contribution in [2.75, 3.05) is 6.54 Å². The summed E-state index contributed by atoms with van der Waals surface area (Å²) < 4.78 is 0. The molecule has 0 saturated heterocycles. The zero-order valence-electron chi connectivity index (χ0n) is 10.3. The quantitative estimate of drug-likeness (QED) is 0.771. The van der Waals surface area contributed by atoms with E-state index >= 15 is 0 Å². The van der Waals surface area contributed by atoms with Crippen molar-refractivity contribution in [3.8, 4) is 0 Å². The number of hydrogen-bond acceptors (Lipinski definition) is 2. The Labute approximate surface area is 97.8 Å². The largest absolute Gasteiger partial charge is 0.346 e. The van der Waals surface area contributed by atoms with Gasteiger partial charge in [-0.2, -0.15) is 0 Å². The average molecular weight is 221 g/mol. The van der Waals surface area contributed by atoms with Gasteiger partial charge in [0.25, 0.3) is 0 Å². The number of nitrogens with two attached hydrogens (primary N) is 1. The Morgan fingerprint density at radius 3 is 2.56 bits per heavy atom. The second kappa shape index (κ2) is 5.48. The average Bonchev–Trinajstić information content (AvgIpc) is 2.54. The fraction of sp³-hybridized carbons (Fsp3) is 0.769. The Morgan fingerprint density at radius 2 is 1.94 bits per heavy atom. The van der Waals surface area contributed by atoms with Crippen LogP contribution in [0.3, 0.4) is 0 Å². The Hall–Kier alpha value is -0.830. The highest BCUT2D eigenvalue weighted by molar-refractivity contribution is 5.15. The fourth-order valence-electron chi connectivity index (χ4n) is 2.65. The molecule has 1 heterocycles. The number of aromatic amines is 1. The lowest BCUT2D eigenvalue weighted by Gasteiger charge is -2.09. The molecule has 1 aromatic heterocycles. The van der Waals surface area contributed by atoms with Crippen LogP contribution in [-0.4, -0.2) is 16.5 Å². The Morgan fingerprint density at radius 1 is 1.25 bits per heavy atom. The molecular formula is C13H23N3. The van der Waals surface area contributed by atoms with Crippen molar-refractivity contribution >= 4 is 0 Å². The van der Waals surface area contributed by atoms with Crippen LogP contribution in [0.2, 0.25) is 0 Å². The number of aryl methyl sites for hydroxylation is 1. The summed E-state index contributed by atoms with van der Waals surface area (Å²) in [5, 5.41) is 0. The van der Waals surface area contributed by atoms with Crippen LogP contribution in [0.1, 0.15) is 61.7 Å². The van der Waals surface area contributed by atoms with Gasteiger partial charge in [0.2, 0.25) is 0 Å². The molecule has 0 atom stereocenters. The third-order valence-electron chi connectivity index (χ3n) is 3.63. The van der Waals surface area contributed by atoms with Crippen LogP contribution in [0.15, 0.2) is 0 Å². The van der Waals surface area contributed by atoms with Gasteiger partial charge in [0, 0.05) is 18.0 Å². The first-order valence-corrected chi connectivity index (χ1v) is 6.56. The van der Waals surface area contributed by atoms with Gasteiger partial charge in [-0.1, -0.05) is 25.7 Å². The molecule has 2 rings (SSSR count). The van der Waals surface area contributed by atoms with E-state index in [1.165, 1.54) is 55.7 Å². The summed E-state index contributed by atoms with van der Waals surface area (Å²) >= 11 is 0. The van der Waals surface area contributed by atoms with Crippen molar-refractivity contribution in [3.05, 3.63) is 17.2 Å². The minimum absolute atomic E-state index is 0.660. The SMILES string of the molecule is Cc1[nH]c(C2CCCCCC2)nc1CCN. The van der Waals surface area contributed by atoms with Gasteiger partial charge in [0.1, 0.15) is 5.82 Å². The van der Waals surface area contributed by atoms with E-state index in [-0.39, 0.29) is 0 Å². The molecule has 0 aliphatic heterocycles. The molecule has 0 aromatic carbocycles. The summed E-state index contributed by atoms with van der Waals surface area (Å²) in [6, 6.07) is 0. The molecule has 1 aliphatic carbocycles. The molecule has 3 heteroatoms. The van der Waals surface area contributed by atoms with Crippen molar-refractivity contribution in [2.24, 2.45) is 5.73 Å². The maximum atomic E-state index is 5.59. The highest BCUT2D eigenvalue weighted by Crippen LogP contribution is 2.30. The molecule has 0 amide bonds. The monoisotopic (exact) mass is 221 g/mol. The number of rotatable bonds is 3. The third-order valence-corrected chi connectivity index (χ3v) is 3.63. The van der Waals surface area contributed by atoms with Gasteiger partial charge in [-0.3, -0.25) is 0 Å². The number of H-pyrrole nitrogens is 1. The van der Waals surface area contributed by atoms with Crippen molar-refractivity contribution in [2.45, 2.75) is 57.8 Å². The van der Waals surface area contributed by atoms with Crippen molar-refractivity contribution in [1.82, 2.24) is 9.97 Å². The van der Waals surface area contributed by atoms with Gasteiger partial charge in [-0.15, -0.1) is 0 Å². The fourth-order valence-corrected chi connectivity index (χ4v) is 2.65. The molecule has 3 N–H and O–H groups in total. The predicted octanol–water partition coefficient (Wildman–Crippen LogP) is 2.66. The van der Waals surface area contributed by atoms with Gasteiger partial charge < -0.3 is 10.7 Å². The smallest absolute Gasteiger partial charge is 0.109 e. The van der Waals surface area contributed by atoms with Crippen LogP contribution in [0.5, 0.6) is 0 Å². The molecule has 1 aliphatic rings. The van der Waals surface area contributed by atoms with E-state index in [1.54, 1.807) is 0 Å². The summed E-state index contributed by atoms with van der Waals surface area (Å²) in [4.78, 5) is 8.19. The van der Waals surface area contributed by atoms with Crippen LogP contribution in [-0.2, 0) is 6.42 Å². The molecule has 90 valence electrons. The summed E-state index contributed by atoms with van der Waals surface area (Å²) in [6.45, 7) is 2.80. The van der Waals surface area contributed by atoms with E-state index < -0.39 is 0 Å². The topological polar surface area (TPSA) is 54.7 Å². The summed E-state index contributed by atoms with van der Waals surface area (Å²) in [5.41, 5.74) is 7.97. The van der Waals surface area contributed by atoms with E-state index in [9.17, 15) is 0 Å². The van der Waals surface area contributed by atoms with Crippen molar-refractivity contribution in [1.29, 1.82) is 0 Å². The Kier molecular flexibility index (Phi) is 3.99. The maximum Gasteiger partial charge on any atom is 0.109 e. The van der Waals surface area contributed by atoms with Crippen LogP contribution >= 0.6 is 0 Å². The minimum atomic E-state index is 0.660. The lowest BCUT2D eigenvalue weighted by Crippen LogP contribution is -2.04. The molecule has 3 nitrogen and oxygen atoms in total. The standard InChI is InChI=1S/C13H23N3/c1-10-12(8-9-14)16-13(15-10)11-6-4-2-3-5-7-11/h11H,2-9,14H2,1H3,(H,15,16). The first kappa shape index (κ1) is 11.6. The van der Waals surface area contributed by atoms with Crippen LogP contribution < -0.4 is 5.73 Å². The molecule has 0 bridgehead atoms. The summed E-state index contributed by atoms with van der Waals surface area (Å²) in [5.74, 6) is 1.87. The zero-order valence-corrected chi connectivity index (χ0v) is 10.3. The van der Waals surface area contributed by atoms with Gasteiger partial charge in [-0.05, 0) is 26.3 Å². The molecular weight excluding hydrogens is 198 g/mol. The number of aromatic nitrogens is 2. The summed E-state index contributed by atoms with van der Waals surface area (Å²) in [7, 11) is 0. The molecule has 0 spiro atoms.